The van der Waals surface area contributed by atoms with Gasteiger partial charge in [0.1, 0.15) is 0 Å². The largest absolute Gasteiger partial charge is 0.464 e. The van der Waals surface area contributed by atoms with E-state index in [4.69, 9.17) is 4.74 Å². The van der Waals surface area contributed by atoms with Gasteiger partial charge in [-0.2, -0.15) is 22.7 Å². The molecule has 0 saturated carbocycles. The molecule has 0 atom stereocenters. The summed E-state index contributed by atoms with van der Waals surface area (Å²) in [4.78, 5) is 0. The Kier molecular flexibility index (Phi) is 4.89. The van der Waals surface area contributed by atoms with E-state index in [0.717, 1.165) is 22.9 Å². The fraction of sp³-hybridized carbons (Fsp3) is 0.188. The molecule has 138 valence electrons. The average molecular weight is 437 g/mol. The number of hydrogen-bond donors (Lipinski definition) is 0. The highest BCUT2D eigenvalue weighted by Crippen LogP contribution is 2.38. The van der Waals surface area contributed by atoms with Gasteiger partial charge in [0.05, 0.1) is 23.0 Å². The van der Waals surface area contributed by atoms with Gasteiger partial charge in [-0.05, 0) is 12.1 Å². The van der Waals surface area contributed by atoms with Crippen molar-refractivity contribution >= 4 is 26.8 Å². The minimum atomic E-state index is -4.59. The number of rotatable bonds is 4. The van der Waals surface area contributed by atoms with Crippen LogP contribution >= 0.6 is 15.9 Å². The van der Waals surface area contributed by atoms with Crippen LogP contribution < -0.4 is 4.74 Å². The summed E-state index contributed by atoms with van der Waals surface area (Å²) in [5, 5.41) is 4.36. The molecular formula is C16H10BrF5N2O2. The van der Waals surface area contributed by atoms with Crippen molar-refractivity contribution in [2.45, 2.75) is 6.18 Å². The quantitative estimate of drug-likeness (QED) is 0.423. The number of methoxy groups -OCH3 is 1. The lowest BCUT2D eigenvalue weighted by Crippen LogP contribution is -2.07. The second-order valence-corrected chi connectivity index (χ2v) is 6.09. The number of hydrogen-bond acceptors (Lipinski definition) is 3. The molecule has 0 aliphatic carbocycles. The molecule has 0 radical (unpaired) electrons. The first-order valence-corrected chi connectivity index (χ1v) is 7.87. The van der Waals surface area contributed by atoms with E-state index in [0.29, 0.717) is 5.39 Å². The lowest BCUT2D eigenvalue weighted by atomic mass is 10.1. The van der Waals surface area contributed by atoms with Crippen molar-refractivity contribution in [3.05, 3.63) is 52.1 Å². The highest BCUT2D eigenvalue weighted by atomic mass is 79.9. The van der Waals surface area contributed by atoms with Crippen molar-refractivity contribution in [3.8, 4) is 11.4 Å². The van der Waals surface area contributed by atoms with Gasteiger partial charge in [0.2, 0.25) is 5.82 Å². The third-order valence-corrected chi connectivity index (χ3v) is 4.17. The van der Waals surface area contributed by atoms with Gasteiger partial charge in [-0.1, -0.05) is 15.9 Å². The fourth-order valence-electron chi connectivity index (χ4n) is 2.37. The zero-order chi connectivity index (χ0) is 19.1. The zero-order valence-electron chi connectivity index (χ0n) is 13.1. The van der Waals surface area contributed by atoms with Crippen molar-refractivity contribution in [2.75, 3.05) is 13.9 Å². The first-order chi connectivity index (χ1) is 12.2. The first kappa shape index (κ1) is 18.6. The number of alkyl halides is 3. The Hall–Kier alpha value is -2.20. The van der Waals surface area contributed by atoms with E-state index in [9.17, 15) is 22.0 Å². The molecule has 3 aromatic rings. The molecule has 26 heavy (non-hydrogen) atoms. The van der Waals surface area contributed by atoms with Crippen LogP contribution in [0.5, 0.6) is 5.75 Å². The van der Waals surface area contributed by atoms with Gasteiger partial charge in [0, 0.05) is 29.1 Å². The Labute approximate surface area is 152 Å². The van der Waals surface area contributed by atoms with Crippen LogP contribution in [0.4, 0.5) is 22.0 Å². The molecule has 0 N–H and O–H groups in total. The number of fused-ring (bicyclic) bond motifs is 1. The molecule has 0 bridgehead atoms. The molecule has 4 nitrogen and oxygen atoms in total. The van der Waals surface area contributed by atoms with Crippen LogP contribution in [0.3, 0.4) is 0 Å². The molecule has 0 amide bonds. The summed E-state index contributed by atoms with van der Waals surface area (Å²) < 4.78 is 77.6. The molecule has 3 rings (SSSR count). The summed E-state index contributed by atoms with van der Waals surface area (Å²) in [5.74, 6) is -2.91. The number of benzene rings is 2. The van der Waals surface area contributed by atoms with Gasteiger partial charge in [-0.25, -0.2) is 9.07 Å². The van der Waals surface area contributed by atoms with Crippen molar-refractivity contribution in [1.82, 2.24) is 9.78 Å². The highest BCUT2D eigenvalue weighted by molar-refractivity contribution is 9.10. The second kappa shape index (κ2) is 6.84. The predicted molar refractivity (Wildman–Crippen MR) is 86.2 cm³/mol. The number of halogens is 6. The third kappa shape index (κ3) is 3.38. The molecule has 1 aromatic heterocycles. The van der Waals surface area contributed by atoms with Crippen LogP contribution in [0.2, 0.25) is 0 Å². The molecule has 10 heteroatoms. The number of aromatic nitrogens is 2. The second-order valence-electron chi connectivity index (χ2n) is 5.24. The monoisotopic (exact) mass is 436 g/mol. The van der Waals surface area contributed by atoms with Crippen molar-refractivity contribution < 1.29 is 31.4 Å². The minimum absolute atomic E-state index is 0.000417. The van der Waals surface area contributed by atoms with E-state index in [-0.39, 0.29) is 22.5 Å². The number of ether oxygens (including phenoxy) is 2. The molecule has 1 heterocycles. The average Bonchev–Trinajstić information content (AvgIpc) is 2.97. The molecule has 0 unspecified atom stereocenters. The lowest BCUT2D eigenvalue weighted by molar-refractivity contribution is -0.138. The molecule has 2 aromatic carbocycles. The maximum absolute atomic E-state index is 13.9. The summed E-state index contributed by atoms with van der Waals surface area (Å²) in [7, 11) is 1.30. The van der Waals surface area contributed by atoms with Crippen LogP contribution in [-0.2, 0) is 10.9 Å². The van der Waals surface area contributed by atoms with Crippen LogP contribution in [0, 0.1) is 11.6 Å². The van der Waals surface area contributed by atoms with E-state index in [1.807, 2.05) is 0 Å². The fourth-order valence-corrected chi connectivity index (χ4v) is 2.96. The SMILES string of the molecule is COCOc1cc(-n2ncc3cc(Br)c(C(F)(F)F)cc32)cc(F)c1F. The van der Waals surface area contributed by atoms with Crippen LogP contribution in [0.15, 0.2) is 34.9 Å². The summed E-state index contributed by atoms with van der Waals surface area (Å²) >= 11 is 2.88. The van der Waals surface area contributed by atoms with Gasteiger partial charge in [0.15, 0.2) is 18.4 Å². The lowest BCUT2D eigenvalue weighted by Gasteiger charge is -2.12. The Morgan fingerprint density at radius 3 is 2.54 bits per heavy atom. The minimum Gasteiger partial charge on any atom is -0.464 e. The van der Waals surface area contributed by atoms with Gasteiger partial charge in [0.25, 0.3) is 0 Å². The van der Waals surface area contributed by atoms with Crippen molar-refractivity contribution in [1.29, 1.82) is 0 Å². The summed E-state index contributed by atoms with van der Waals surface area (Å²) in [6, 6.07) is 4.07. The van der Waals surface area contributed by atoms with E-state index in [2.05, 4.69) is 25.8 Å². The topological polar surface area (TPSA) is 36.3 Å². The predicted octanol–water partition coefficient (Wildman–Crippen LogP) is 5.07. The van der Waals surface area contributed by atoms with Crippen LogP contribution in [0.1, 0.15) is 5.56 Å². The Bertz CT molecular complexity index is 971. The van der Waals surface area contributed by atoms with Gasteiger partial charge < -0.3 is 9.47 Å². The molecule has 0 saturated heterocycles. The normalized spacial score (nSPS) is 12.0. The van der Waals surface area contributed by atoms with Gasteiger partial charge in [-0.3, -0.25) is 0 Å². The molecular weight excluding hydrogens is 427 g/mol. The molecule has 0 aliphatic heterocycles. The standard InChI is InChI=1S/C16H10BrF5N2O2/c1-25-7-26-14-4-9(3-12(18)15(14)19)24-13-5-10(16(20,21)22)11(17)2-8(13)6-23-24/h2-6H,7H2,1H3. The van der Waals surface area contributed by atoms with Crippen LogP contribution in [0.25, 0.3) is 16.6 Å². The molecule has 0 aliphatic rings. The van der Waals surface area contributed by atoms with Crippen molar-refractivity contribution in [2.24, 2.45) is 0 Å². The van der Waals surface area contributed by atoms with E-state index in [1.54, 1.807) is 0 Å². The van der Waals surface area contributed by atoms with E-state index >= 15 is 0 Å². The highest BCUT2D eigenvalue weighted by Gasteiger charge is 2.33. The van der Waals surface area contributed by atoms with E-state index < -0.39 is 29.1 Å². The smallest absolute Gasteiger partial charge is 0.417 e. The zero-order valence-corrected chi connectivity index (χ0v) is 14.7. The van der Waals surface area contributed by atoms with Crippen molar-refractivity contribution in [3.63, 3.8) is 0 Å². The summed E-state index contributed by atoms with van der Waals surface area (Å²) in [5.41, 5.74) is -0.838. The number of nitrogens with zero attached hydrogens (tertiary/aromatic N) is 2. The Morgan fingerprint density at radius 1 is 1.15 bits per heavy atom. The first-order valence-electron chi connectivity index (χ1n) is 7.08. The third-order valence-electron chi connectivity index (χ3n) is 3.52. The maximum atomic E-state index is 13.9. The Balaban J connectivity index is 2.18. The summed E-state index contributed by atoms with van der Waals surface area (Å²) in [6.07, 6.45) is -3.28. The Morgan fingerprint density at radius 2 is 1.88 bits per heavy atom. The van der Waals surface area contributed by atoms with Gasteiger partial charge >= 0.3 is 6.18 Å². The van der Waals surface area contributed by atoms with Gasteiger partial charge in [-0.15, -0.1) is 0 Å². The maximum Gasteiger partial charge on any atom is 0.417 e. The summed E-state index contributed by atoms with van der Waals surface area (Å²) in [6.45, 7) is -0.329. The van der Waals surface area contributed by atoms with E-state index in [1.165, 1.54) is 19.4 Å². The molecule has 0 fully saturated rings. The molecule has 0 spiro atoms. The van der Waals surface area contributed by atoms with Crippen LogP contribution in [-0.4, -0.2) is 23.7 Å².